The molecule has 11 heteroatoms. The van der Waals surface area contributed by atoms with Gasteiger partial charge in [0, 0.05) is 25.7 Å². The molecule has 1 saturated carbocycles. The zero-order chi connectivity index (χ0) is 22.2. The van der Waals surface area contributed by atoms with Crippen molar-refractivity contribution in [3.63, 3.8) is 0 Å². The van der Waals surface area contributed by atoms with Crippen LogP contribution in [0, 0.1) is 0 Å². The summed E-state index contributed by atoms with van der Waals surface area (Å²) >= 11 is 0. The largest absolute Gasteiger partial charge is 0.362 e. The van der Waals surface area contributed by atoms with Crippen molar-refractivity contribution < 1.29 is 22.8 Å². The van der Waals surface area contributed by atoms with Crippen LogP contribution in [0.2, 0.25) is 0 Å². The number of hydrogen-bond donors (Lipinski definition) is 2. The molecule has 1 aromatic carbocycles. The van der Waals surface area contributed by atoms with Gasteiger partial charge in [0.2, 0.25) is 5.91 Å². The topological polar surface area (TPSA) is 128 Å². The van der Waals surface area contributed by atoms with Gasteiger partial charge in [-0.1, -0.05) is 18.9 Å². The van der Waals surface area contributed by atoms with Crippen molar-refractivity contribution in [1.82, 2.24) is 15.1 Å². The van der Waals surface area contributed by atoms with E-state index in [4.69, 9.17) is 0 Å². The van der Waals surface area contributed by atoms with Gasteiger partial charge in [-0.25, -0.2) is 4.79 Å². The fourth-order valence-corrected chi connectivity index (χ4v) is 5.46. The minimum atomic E-state index is -3.92. The maximum atomic E-state index is 12.7. The first-order valence-corrected chi connectivity index (χ1v) is 11.7. The lowest BCUT2D eigenvalue weighted by atomic mass is 9.98. The fourth-order valence-electron chi connectivity index (χ4n) is 4.32. The third-order valence-corrected chi connectivity index (χ3v) is 7.28. The number of rotatable bonds is 5. The van der Waals surface area contributed by atoms with Crippen LogP contribution in [-0.4, -0.2) is 67.6 Å². The maximum Gasteiger partial charge on any atom is 0.325 e. The van der Waals surface area contributed by atoms with Crippen LogP contribution in [0.25, 0.3) is 0 Å². The highest BCUT2D eigenvalue weighted by atomic mass is 32.2. The van der Waals surface area contributed by atoms with Gasteiger partial charge in [-0.3, -0.25) is 14.5 Å². The van der Waals surface area contributed by atoms with E-state index in [1.165, 1.54) is 24.3 Å². The molecule has 4 rings (SSSR count). The molecule has 0 aromatic heterocycles. The van der Waals surface area contributed by atoms with Crippen LogP contribution in [0.5, 0.6) is 0 Å². The molecule has 0 radical (unpaired) electrons. The monoisotopic (exact) mass is 447 g/mol. The van der Waals surface area contributed by atoms with Gasteiger partial charge in [0.15, 0.2) is 0 Å². The Hall–Kier alpha value is -2.95. The van der Waals surface area contributed by atoms with Crippen LogP contribution in [0.1, 0.15) is 38.5 Å². The van der Waals surface area contributed by atoms with E-state index in [1.807, 2.05) is 0 Å². The molecule has 2 N–H and O–H groups in total. The molecule has 0 bridgehead atoms. The smallest absolute Gasteiger partial charge is 0.325 e. The molecule has 3 fully saturated rings. The maximum absolute atomic E-state index is 12.7. The summed E-state index contributed by atoms with van der Waals surface area (Å²) in [4.78, 5) is 40.1. The number of likely N-dealkylation sites (tertiary alicyclic amines) is 1. The summed E-state index contributed by atoms with van der Waals surface area (Å²) in [6, 6.07) is 5.19. The number of carbonyl (C=O) groups excluding carboxylic acids is 3. The van der Waals surface area contributed by atoms with Crippen molar-refractivity contribution in [2.45, 2.75) is 49.0 Å². The van der Waals surface area contributed by atoms with Crippen LogP contribution in [-0.2, 0) is 19.6 Å². The Morgan fingerprint density at radius 1 is 1.23 bits per heavy atom. The van der Waals surface area contributed by atoms with Gasteiger partial charge >= 0.3 is 6.03 Å². The van der Waals surface area contributed by atoms with E-state index >= 15 is 0 Å². The molecule has 2 heterocycles. The first kappa shape index (κ1) is 21.3. The molecule has 31 heavy (non-hydrogen) atoms. The number of benzene rings is 1. The number of hydrogen-bond acceptors (Lipinski definition) is 5. The summed E-state index contributed by atoms with van der Waals surface area (Å²) in [6.45, 7) is 0.324. The van der Waals surface area contributed by atoms with Gasteiger partial charge in [-0.15, -0.1) is 4.40 Å². The first-order chi connectivity index (χ1) is 14.7. The van der Waals surface area contributed by atoms with Crippen LogP contribution in [0.3, 0.4) is 0 Å². The number of urea groups is 1. The number of sulfonamides is 1. The minimum Gasteiger partial charge on any atom is -0.362 e. The highest BCUT2D eigenvalue weighted by Crippen LogP contribution is 2.35. The number of amidine groups is 1. The lowest BCUT2D eigenvalue weighted by Crippen LogP contribution is -2.44. The summed E-state index contributed by atoms with van der Waals surface area (Å²) in [6.07, 6.45) is 4.31. The van der Waals surface area contributed by atoms with Crippen molar-refractivity contribution in [1.29, 1.82) is 0 Å². The standard InChI is InChI=1S/C20H25N5O5S/c1-24-11-5-8-16(24)23-31(29,30)15-7-4-6-14(12-15)21-17(26)13-25-18(27)20(22-19(25)28)9-2-3-10-20/h4,6-7,12H,2-3,5,8-11,13H2,1H3,(H,21,26)(H,22,28)/b23-16+. The molecule has 0 atom stereocenters. The second-order valence-electron chi connectivity index (χ2n) is 8.19. The number of nitrogens with one attached hydrogen (secondary N) is 2. The molecule has 2 aliphatic heterocycles. The van der Waals surface area contributed by atoms with Crippen LogP contribution < -0.4 is 10.6 Å². The molecule has 3 aliphatic rings. The van der Waals surface area contributed by atoms with Crippen LogP contribution in [0.4, 0.5) is 10.5 Å². The molecule has 1 spiro atoms. The van der Waals surface area contributed by atoms with Gasteiger partial charge in [-0.2, -0.15) is 8.42 Å². The number of imide groups is 1. The van der Waals surface area contributed by atoms with Crippen molar-refractivity contribution in [3.8, 4) is 0 Å². The summed E-state index contributed by atoms with van der Waals surface area (Å²) in [5.74, 6) is -0.457. The highest BCUT2D eigenvalue weighted by Gasteiger charge is 2.52. The first-order valence-electron chi connectivity index (χ1n) is 10.3. The lowest BCUT2D eigenvalue weighted by Gasteiger charge is -2.19. The second kappa shape index (κ2) is 7.95. The molecule has 4 amide bonds. The zero-order valence-electron chi connectivity index (χ0n) is 17.3. The molecule has 10 nitrogen and oxygen atoms in total. The zero-order valence-corrected chi connectivity index (χ0v) is 18.1. The number of nitrogens with zero attached hydrogens (tertiary/aromatic N) is 3. The molecule has 1 aliphatic carbocycles. The van der Waals surface area contributed by atoms with Gasteiger partial charge in [0.1, 0.15) is 17.9 Å². The van der Waals surface area contributed by atoms with Crippen molar-refractivity contribution in [3.05, 3.63) is 24.3 Å². The number of amides is 4. The van der Waals surface area contributed by atoms with Crippen LogP contribution in [0.15, 0.2) is 33.6 Å². The van der Waals surface area contributed by atoms with Gasteiger partial charge in [0.25, 0.3) is 15.9 Å². The number of carbonyl (C=O) groups is 3. The second-order valence-corrected chi connectivity index (χ2v) is 9.80. The molecule has 2 saturated heterocycles. The van der Waals surface area contributed by atoms with E-state index in [-0.39, 0.29) is 16.5 Å². The molecule has 0 unspecified atom stereocenters. The minimum absolute atomic E-state index is 0.0435. The summed E-state index contributed by atoms with van der Waals surface area (Å²) in [5, 5.41) is 5.29. The summed E-state index contributed by atoms with van der Waals surface area (Å²) < 4.78 is 29.2. The van der Waals surface area contributed by atoms with E-state index in [0.29, 0.717) is 25.1 Å². The average molecular weight is 448 g/mol. The Morgan fingerprint density at radius 2 is 1.97 bits per heavy atom. The predicted octanol–water partition coefficient (Wildman–Crippen LogP) is 1.30. The Balaban J connectivity index is 1.45. The highest BCUT2D eigenvalue weighted by molar-refractivity contribution is 7.90. The summed E-state index contributed by atoms with van der Waals surface area (Å²) in [5.41, 5.74) is -0.633. The Kier molecular flexibility index (Phi) is 5.46. The molecule has 166 valence electrons. The van der Waals surface area contributed by atoms with Crippen molar-refractivity contribution in [2.75, 3.05) is 25.5 Å². The van der Waals surface area contributed by atoms with Crippen molar-refractivity contribution in [2.24, 2.45) is 4.40 Å². The Morgan fingerprint density at radius 3 is 2.65 bits per heavy atom. The molecular formula is C20H25N5O5S. The quantitative estimate of drug-likeness (QED) is 0.655. The number of anilines is 1. The van der Waals surface area contributed by atoms with Gasteiger partial charge in [0.05, 0.1) is 4.90 Å². The molecule has 1 aromatic rings. The lowest BCUT2D eigenvalue weighted by molar-refractivity contribution is -0.133. The summed E-state index contributed by atoms with van der Waals surface area (Å²) in [7, 11) is -2.13. The van der Waals surface area contributed by atoms with Gasteiger partial charge in [-0.05, 0) is 37.5 Å². The average Bonchev–Trinajstić information content (AvgIpc) is 3.40. The van der Waals surface area contributed by atoms with E-state index in [1.54, 1.807) is 11.9 Å². The van der Waals surface area contributed by atoms with E-state index in [0.717, 1.165) is 30.7 Å². The van der Waals surface area contributed by atoms with Crippen LogP contribution >= 0.6 is 0 Å². The van der Waals surface area contributed by atoms with Crippen molar-refractivity contribution >= 4 is 39.4 Å². The van der Waals surface area contributed by atoms with Gasteiger partial charge < -0.3 is 15.5 Å². The molecular weight excluding hydrogens is 422 g/mol. The van der Waals surface area contributed by atoms with E-state index < -0.39 is 34.0 Å². The SMILES string of the molecule is CN1CCC/C1=N\S(=O)(=O)c1cccc(NC(=O)CN2C(=O)NC3(CCCC3)C2=O)c1. The Bertz CT molecular complexity index is 1060. The van der Waals surface area contributed by atoms with E-state index in [2.05, 4.69) is 15.0 Å². The fraction of sp³-hybridized carbons (Fsp3) is 0.500. The predicted molar refractivity (Wildman–Crippen MR) is 113 cm³/mol. The normalized spacial score (nSPS) is 21.9. The third kappa shape index (κ3) is 4.14. The Labute approximate surface area is 180 Å². The van der Waals surface area contributed by atoms with E-state index in [9.17, 15) is 22.8 Å². The third-order valence-electron chi connectivity index (χ3n) is 5.98.